The number of hydrogen-bond donors (Lipinski definition) is 1. The van der Waals surface area contributed by atoms with Crippen LogP contribution in [0.1, 0.15) is 17.3 Å². The highest BCUT2D eigenvalue weighted by Crippen LogP contribution is 2.21. The summed E-state index contributed by atoms with van der Waals surface area (Å²) in [5.41, 5.74) is 0.361. The van der Waals surface area contributed by atoms with Crippen LogP contribution in [0, 0.1) is 11.8 Å². The van der Waals surface area contributed by atoms with Gasteiger partial charge in [0.15, 0.2) is 11.6 Å². The first kappa shape index (κ1) is 13.9. The number of rotatable bonds is 4. The smallest absolute Gasteiger partial charge is 0.255 e. The molecule has 2 rings (SSSR count). The van der Waals surface area contributed by atoms with E-state index in [0.717, 1.165) is 12.1 Å². The summed E-state index contributed by atoms with van der Waals surface area (Å²) < 4.78 is 31.6. The summed E-state index contributed by atoms with van der Waals surface area (Å²) in [7, 11) is 0. The van der Waals surface area contributed by atoms with Crippen molar-refractivity contribution in [3.63, 3.8) is 0 Å². The topological polar surface area (TPSA) is 51.2 Å². The van der Waals surface area contributed by atoms with Crippen molar-refractivity contribution < 1.29 is 18.3 Å². The minimum absolute atomic E-state index is 0.104. The lowest BCUT2D eigenvalue weighted by Gasteiger charge is -2.08. The van der Waals surface area contributed by atoms with Gasteiger partial charge in [0.1, 0.15) is 0 Å². The number of benzene rings is 1. The number of ether oxygens (including phenoxy) is 1. The Bertz CT molecular complexity index is 632. The molecule has 1 aromatic heterocycles. The van der Waals surface area contributed by atoms with Gasteiger partial charge in [-0.25, -0.2) is 9.37 Å². The number of amides is 1. The predicted molar refractivity (Wildman–Crippen MR) is 69.7 cm³/mol. The molecule has 6 heteroatoms. The second kappa shape index (κ2) is 6.10. The summed E-state index contributed by atoms with van der Waals surface area (Å²) in [5.74, 6) is -1.77. The van der Waals surface area contributed by atoms with Gasteiger partial charge in [0.2, 0.25) is 5.95 Å². The molecule has 0 aliphatic carbocycles. The Labute approximate surface area is 114 Å². The summed E-state index contributed by atoms with van der Waals surface area (Å²) >= 11 is 0. The highest BCUT2D eigenvalue weighted by atomic mass is 19.1. The monoisotopic (exact) mass is 278 g/mol. The summed E-state index contributed by atoms with van der Waals surface area (Å²) in [6.07, 6.45) is 1.18. The third kappa shape index (κ3) is 3.28. The number of carbonyl (C=O) groups excluding carboxylic acids is 1. The van der Waals surface area contributed by atoms with E-state index in [-0.39, 0.29) is 17.0 Å². The van der Waals surface area contributed by atoms with Crippen molar-refractivity contribution in [2.24, 2.45) is 0 Å². The first-order chi connectivity index (χ1) is 9.60. The zero-order chi connectivity index (χ0) is 14.5. The molecule has 4 nitrogen and oxygen atoms in total. The SMILES string of the molecule is CCOc1ccc(NC(=O)c2ccnc(F)c2)cc1F. The lowest BCUT2D eigenvalue weighted by molar-refractivity contribution is 0.102. The predicted octanol–water partition coefficient (Wildman–Crippen LogP) is 3.01. The number of aromatic nitrogens is 1. The second-order valence-electron chi connectivity index (χ2n) is 3.90. The van der Waals surface area contributed by atoms with E-state index in [1.54, 1.807) is 6.92 Å². The Balaban J connectivity index is 2.14. The summed E-state index contributed by atoms with van der Waals surface area (Å²) in [6, 6.07) is 6.43. The van der Waals surface area contributed by atoms with Crippen molar-refractivity contribution in [1.82, 2.24) is 4.98 Å². The third-order valence-corrected chi connectivity index (χ3v) is 2.48. The normalized spacial score (nSPS) is 10.2. The minimum atomic E-state index is -0.754. The maximum atomic E-state index is 13.6. The molecule has 20 heavy (non-hydrogen) atoms. The lowest BCUT2D eigenvalue weighted by atomic mass is 10.2. The van der Waals surface area contributed by atoms with Crippen molar-refractivity contribution in [3.8, 4) is 5.75 Å². The molecule has 1 aromatic carbocycles. The third-order valence-electron chi connectivity index (χ3n) is 2.48. The molecular formula is C14H12F2N2O2. The number of hydrogen-bond acceptors (Lipinski definition) is 3. The molecule has 0 unspecified atom stereocenters. The fourth-order valence-electron chi connectivity index (χ4n) is 1.60. The average Bonchev–Trinajstić information content (AvgIpc) is 2.42. The van der Waals surface area contributed by atoms with Crippen LogP contribution in [0.3, 0.4) is 0 Å². The molecule has 0 radical (unpaired) electrons. The molecule has 0 bridgehead atoms. The van der Waals surface area contributed by atoms with Crippen molar-refractivity contribution in [3.05, 3.63) is 53.9 Å². The van der Waals surface area contributed by atoms with Gasteiger partial charge in [-0.1, -0.05) is 0 Å². The zero-order valence-electron chi connectivity index (χ0n) is 10.7. The Hall–Kier alpha value is -2.50. The van der Waals surface area contributed by atoms with Gasteiger partial charge in [0, 0.05) is 29.6 Å². The average molecular weight is 278 g/mol. The molecule has 1 heterocycles. The number of anilines is 1. The van der Waals surface area contributed by atoms with Gasteiger partial charge in [0.25, 0.3) is 5.91 Å². The van der Waals surface area contributed by atoms with Crippen LogP contribution in [-0.2, 0) is 0 Å². The Morgan fingerprint density at radius 2 is 2.10 bits per heavy atom. The molecule has 1 N–H and O–H groups in total. The van der Waals surface area contributed by atoms with Gasteiger partial charge in [-0.15, -0.1) is 0 Å². The summed E-state index contributed by atoms with van der Waals surface area (Å²) in [6.45, 7) is 2.09. The molecule has 0 saturated heterocycles. The first-order valence-corrected chi connectivity index (χ1v) is 5.95. The van der Waals surface area contributed by atoms with Gasteiger partial charge in [-0.3, -0.25) is 4.79 Å². The van der Waals surface area contributed by atoms with Crippen LogP contribution in [0.25, 0.3) is 0 Å². The van der Waals surface area contributed by atoms with Crippen LogP contribution in [0.2, 0.25) is 0 Å². The van der Waals surface area contributed by atoms with Crippen LogP contribution >= 0.6 is 0 Å². The van der Waals surface area contributed by atoms with Crippen LogP contribution in [0.4, 0.5) is 14.5 Å². The van der Waals surface area contributed by atoms with E-state index in [2.05, 4.69) is 10.3 Å². The largest absolute Gasteiger partial charge is 0.491 e. The van der Waals surface area contributed by atoms with E-state index in [1.165, 1.54) is 24.4 Å². The van der Waals surface area contributed by atoms with Crippen LogP contribution in [-0.4, -0.2) is 17.5 Å². The van der Waals surface area contributed by atoms with Crippen LogP contribution < -0.4 is 10.1 Å². The van der Waals surface area contributed by atoms with Gasteiger partial charge >= 0.3 is 0 Å². The number of halogens is 2. The quantitative estimate of drug-likeness (QED) is 0.875. The molecule has 0 fully saturated rings. The fourth-order valence-corrected chi connectivity index (χ4v) is 1.60. The van der Waals surface area contributed by atoms with Gasteiger partial charge in [-0.05, 0) is 25.1 Å². The molecule has 2 aromatic rings. The Morgan fingerprint density at radius 1 is 1.30 bits per heavy atom. The molecule has 0 saturated carbocycles. The maximum absolute atomic E-state index is 13.6. The number of carbonyl (C=O) groups is 1. The van der Waals surface area contributed by atoms with E-state index in [0.29, 0.717) is 6.61 Å². The summed E-state index contributed by atoms with van der Waals surface area (Å²) in [4.78, 5) is 15.2. The van der Waals surface area contributed by atoms with Gasteiger partial charge in [-0.2, -0.15) is 4.39 Å². The molecule has 0 aliphatic rings. The van der Waals surface area contributed by atoms with Crippen molar-refractivity contribution in [2.75, 3.05) is 11.9 Å². The van der Waals surface area contributed by atoms with Crippen molar-refractivity contribution >= 4 is 11.6 Å². The van der Waals surface area contributed by atoms with Crippen molar-refractivity contribution in [2.45, 2.75) is 6.92 Å². The molecule has 0 aliphatic heterocycles. The number of nitrogens with zero attached hydrogens (tertiary/aromatic N) is 1. The molecule has 0 spiro atoms. The van der Waals surface area contributed by atoms with E-state index >= 15 is 0 Å². The minimum Gasteiger partial charge on any atom is -0.491 e. The molecule has 0 atom stereocenters. The molecule has 1 amide bonds. The fraction of sp³-hybridized carbons (Fsp3) is 0.143. The van der Waals surface area contributed by atoms with Crippen LogP contribution in [0.15, 0.2) is 36.5 Å². The Kier molecular flexibility index (Phi) is 4.24. The van der Waals surface area contributed by atoms with E-state index < -0.39 is 17.7 Å². The zero-order valence-corrected chi connectivity index (χ0v) is 10.7. The number of pyridine rings is 1. The van der Waals surface area contributed by atoms with Gasteiger partial charge < -0.3 is 10.1 Å². The van der Waals surface area contributed by atoms with E-state index in [1.807, 2.05) is 0 Å². The lowest BCUT2D eigenvalue weighted by Crippen LogP contribution is -2.12. The first-order valence-electron chi connectivity index (χ1n) is 5.95. The Morgan fingerprint density at radius 3 is 2.75 bits per heavy atom. The highest BCUT2D eigenvalue weighted by molar-refractivity contribution is 6.04. The number of nitrogens with one attached hydrogen (secondary N) is 1. The summed E-state index contributed by atoms with van der Waals surface area (Å²) in [5, 5.41) is 2.47. The van der Waals surface area contributed by atoms with E-state index in [4.69, 9.17) is 4.74 Å². The standard InChI is InChI=1S/C14H12F2N2O2/c1-2-20-12-4-3-10(8-11(12)15)18-14(19)9-5-6-17-13(16)7-9/h3-8H,2H2,1H3,(H,18,19). The maximum Gasteiger partial charge on any atom is 0.255 e. The van der Waals surface area contributed by atoms with Gasteiger partial charge in [0.05, 0.1) is 6.61 Å². The van der Waals surface area contributed by atoms with E-state index in [9.17, 15) is 13.6 Å². The second-order valence-corrected chi connectivity index (χ2v) is 3.90. The van der Waals surface area contributed by atoms with Crippen molar-refractivity contribution in [1.29, 1.82) is 0 Å². The molecule has 104 valence electrons. The van der Waals surface area contributed by atoms with Crippen LogP contribution in [0.5, 0.6) is 5.75 Å². The molecular weight excluding hydrogens is 266 g/mol. The highest BCUT2D eigenvalue weighted by Gasteiger charge is 2.10.